The maximum atomic E-state index is 4.65. The first-order chi connectivity index (χ1) is 8.67. The van der Waals surface area contributed by atoms with E-state index in [1.165, 1.54) is 4.88 Å². The van der Waals surface area contributed by atoms with Crippen LogP contribution >= 0.6 is 11.3 Å². The number of nitrogens with one attached hydrogen (secondary N) is 1. The highest BCUT2D eigenvalue weighted by Crippen LogP contribution is 2.16. The highest BCUT2D eigenvalue weighted by molar-refractivity contribution is 7.09. The Bertz CT molecular complexity index is 492. The number of rotatable bonds is 5. The van der Waals surface area contributed by atoms with E-state index in [-0.39, 0.29) is 0 Å². The van der Waals surface area contributed by atoms with Crippen molar-refractivity contribution in [3.8, 4) is 0 Å². The number of aromatic nitrogens is 2. The largest absolute Gasteiger partial charge is 0.373 e. The quantitative estimate of drug-likeness (QED) is 0.896. The van der Waals surface area contributed by atoms with E-state index in [4.69, 9.17) is 0 Å². The van der Waals surface area contributed by atoms with E-state index in [2.05, 4.69) is 46.6 Å². The zero-order valence-electron chi connectivity index (χ0n) is 11.1. The van der Waals surface area contributed by atoms with Gasteiger partial charge in [-0.15, -0.1) is 11.3 Å². The van der Waals surface area contributed by atoms with Crippen LogP contribution in [0.15, 0.2) is 23.6 Å². The summed E-state index contributed by atoms with van der Waals surface area (Å²) in [6.07, 6.45) is 1.81. The van der Waals surface area contributed by atoms with E-state index < -0.39 is 0 Å². The molecule has 0 unspecified atom stereocenters. The molecule has 0 bridgehead atoms. The molecular weight excluding hydrogens is 242 g/mol. The minimum Gasteiger partial charge on any atom is -0.373 e. The van der Waals surface area contributed by atoms with Gasteiger partial charge in [0.1, 0.15) is 11.6 Å². The van der Waals surface area contributed by atoms with Crippen LogP contribution < -0.4 is 5.32 Å². The van der Waals surface area contributed by atoms with Crippen molar-refractivity contribution in [3.05, 3.63) is 40.0 Å². The summed E-state index contributed by atoms with van der Waals surface area (Å²) in [4.78, 5) is 10.5. The second-order valence-corrected chi connectivity index (χ2v) is 5.80. The van der Waals surface area contributed by atoms with Crippen LogP contribution in [0.4, 0.5) is 5.82 Å². The molecule has 18 heavy (non-hydrogen) atoms. The van der Waals surface area contributed by atoms with E-state index in [9.17, 15) is 0 Å². The van der Waals surface area contributed by atoms with Crippen LogP contribution in [0.2, 0.25) is 0 Å². The van der Waals surface area contributed by atoms with E-state index in [0.717, 1.165) is 30.2 Å². The van der Waals surface area contributed by atoms with Gasteiger partial charge in [-0.3, -0.25) is 0 Å². The summed E-state index contributed by atoms with van der Waals surface area (Å²) in [5.41, 5.74) is 1.12. The third-order valence-corrected chi connectivity index (χ3v) is 3.49. The first-order valence-electron chi connectivity index (χ1n) is 6.24. The number of thiophene rings is 1. The average molecular weight is 261 g/mol. The van der Waals surface area contributed by atoms with Gasteiger partial charge in [-0.25, -0.2) is 9.97 Å². The topological polar surface area (TPSA) is 37.8 Å². The number of hydrogen-bond acceptors (Lipinski definition) is 4. The summed E-state index contributed by atoms with van der Waals surface area (Å²) >= 11 is 1.75. The summed E-state index contributed by atoms with van der Waals surface area (Å²) in [6.45, 7) is 4.42. The maximum absolute atomic E-state index is 4.65. The highest BCUT2D eigenvalue weighted by atomic mass is 32.1. The molecule has 2 aromatic rings. The summed E-state index contributed by atoms with van der Waals surface area (Å²) < 4.78 is 0. The zero-order chi connectivity index (χ0) is 13.0. The van der Waals surface area contributed by atoms with Gasteiger partial charge < -0.3 is 5.32 Å². The molecule has 0 aliphatic rings. The van der Waals surface area contributed by atoms with Crippen molar-refractivity contribution >= 4 is 17.2 Å². The normalized spacial score (nSPS) is 10.9. The predicted molar refractivity (Wildman–Crippen MR) is 77.2 cm³/mol. The highest BCUT2D eigenvalue weighted by Gasteiger charge is 2.07. The van der Waals surface area contributed by atoms with Crippen LogP contribution in [0.1, 0.15) is 30.2 Å². The van der Waals surface area contributed by atoms with Crippen LogP contribution in [0.25, 0.3) is 0 Å². The second kappa shape index (κ2) is 5.96. The van der Waals surface area contributed by atoms with Crippen molar-refractivity contribution in [1.82, 2.24) is 9.97 Å². The molecule has 0 amide bonds. The van der Waals surface area contributed by atoms with Crippen LogP contribution in [0.5, 0.6) is 0 Å². The lowest BCUT2D eigenvalue weighted by molar-refractivity contribution is 0.631. The molecule has 2 rings (SSSR count). The summed E-state index contributed by atoms with van der Waals surface area (Å²) in [7, 11) is 1.90. The maximum Gasteiger partial charge on any atom is 0.136 e. The molecule has 0 aliphatic carbocycles. The Morgan fingerprint density at radius 1 is 1.33 bits per heavy atom. The first-order valence-corrected chi connectivity index (χ1v) is 7.12. The van der Waals surface area contributed by atoms with Crippen molar-refractivity contribution < 1.29 is 0 Å². The van der Waals surface area contributed by atoms with Gasteiger partial charge in [0.2, 0.25) is 0 Å². The van der Waals surface area contributed by atoms with Gasteiger partial charge in [0.05, 0.1) is 0 Å². The van der Waals surface area contributed by atoms with Crippen molar-refractivity contribution in [3.63, 3.8) is 0 Å². The molecule has 0 aliphatic heterocycles. The average Bonchev–Trinajstić information content (AvgIpc) is 2.80. The first kappa shape index (κ1) is 13.0. The minimum atomic E-state index is 0.610. The van der Waals surface area contributed by atoms with Gasteiger partial charge in [0.25, 0.3) is 0 Å². The van der Waals surface area contributed by atoms with Crippen LogP contribution in [0.3, 0.4) is 0 Å². The lowest BCUT2D eigenvalue weighted by Gasteiger charge is -2.09. The Labute approximate surface area is 112 Å². The molecule has 3 nitrogen and oxygen atoms in total. The zero-order valence-corrected chi connectivity index (χ0v) is 11.9. The van der Waals surface area contributed by atoms with Gasteiger partial charge in [-0.2, -0.15) is 0 Å². The van der Waals surface area contributed by atoms with Crippen LogP contribution in [-0.4, -0.2) is 17.0 Å². The Morgan fingerprint density at radius 2 is 2.17 bits per heavy atom. The summed E-state index contributed by atoms with van der Waals surface area (Å²) in [5.74, 6) is 2.42. The van der Waals surface area contributed by atoms with Crippen molar-refractivity contribution in [2.45, 2.75) is 26.7 Å². The van der Waals surface area contributed by atoms with Crippen molar-refractivity contribution in [2.24, 2.45) is 5.92 Å². The van der Waals surface area contributed by atoms with E-state index in [1.54, 1.807) is 11.3 Å². The van der Waals surface area contributed by atoms with Gasteiger partial charge in [-0.05, 0) is 23.8 Å². The van der Waals surface area contributed by atoms with Crippen molar-refractivity contribution in [2.75, 3.05) is 12.4 Å². The molecule has 0 spiro atoms. The Balaban J connectivity index is 2.23. The number of hydrogen-bond donors (Lipinski definition) is 1. The number of nitrogens with zero attached hydrogens (tertiary/aromatic N) is 2. The molecule has 96 valence electrons. The van der Waals surface area contributed by atoms with E-state index in [0.29, 0.717) is 5.92 Å². The molecule has 0 fully saturated rings. The molecule has 0 saturated carbocycles. The Kier molecular flexibility index (Phi) is 4.31. The molecular formula is C14H19N3S. The van der Waals surface area contributed by atoms with Crippen LogP contribution in [-0.2, 0) is 12.8 Å². The standard InChI is InChI=1S/C14H19N3S/c1-10(2)7-11-8-13(15-3)17-14(16-11)9-12-5-4-6-18-12/h4-6,8,10H,7,9H2,1-3H3,(H,15,16,17). The van der Waals surface area contributed by atoms with Crippen molar-refractivity contribution in [1.29, 1.82) is 0 Å². The minimum absolute atomic E-state index is 0.610. The SMILES string of the molecule is CNc1cc(CC(C)C)nc(Cc2cccs2)n1. The van der Waals surface area contributed by atoms with E-state index >= 15 is 0 Å². The van der Waals surface area contributed by atoms with Crippen LogP contribution in [0, 0.1) is 5.92 Å². The van der Waals surface area contributed by atoms with Gasteiger partial charge >= 0.3 is 0 Å². The third kappa shape index (κ3) is 3.53. The van der Waals surface area contributed by atoms with E-state index in [1.807, 2.05) is 13.1 Å². The molecule has 0 atom stereocenters. The fourth-order valence-corrected chi connectivity index (χ4v) is 2.55. The van der Waals surface area contributed by atoms with Gasteiger partial charge in [-0.1, -0.05) is 19.9 Å². The monoisotopic (exact) mass is 261 g/mol. The molecule has 1 N–H and O–H groups in total. The molecule has 0 aromatic carbocycles. The summed E-state index contributed by atoms with van der Waals surface area (Å²) in [5, 5.41) is 5.20. The Morgan fingerprint density at radius 3 is 2.78 bits per heavy atom. The smallest absolute Gasteiger partial charge is 0.136 e. The molecule has 2 aromatic heterocycles. The third-order valence-electron chi connectivity index (χ3n) is 2.61. The lowest BCUT2D eigenvalue weighted by Crippen LogP contribution is -2.06. The fourth-order valence-electron chi connectivity index (χ4n) is 1.85. The second-order valence-electron chi connectivity index (χ2n) is 4.76. The predicted octanol–water partition coefficient (Wildman–Crippen LogP) is 3.37. The lowest BCUT2D eigenvalue weighted by atomic mass is 10.1. The Hall–Kier alpha value is -1.42. The molecule has 4 heteroatoms. The molecule has 0 saturated heterocycles. The molecule has 0 radical (unpaired) electrons. The van der Waals surface area contributed by atoms with Gasteiger partial charge in [0.15, 0.2) is 0 Å². The fraction of sp³-hybridized carbons (Fsp3) is 0.429. The molecule has 2 heterocycles. The summed E-state index contributed by atoms with van der Waals surface area (Å²) in [6, 6.07) is 6.23. The van der Waals surface area contributed by atoms with Gasteiger partial charge in [0, 0.05) is 30.1 Å². The number of anilines is 1.